The van der Waals surface area contributed by atoms with Gasteiger partial charge in [0, 0.05) is 0 Å². The number of carbonyl (C=O) groups is 1. The number of aldehydes is 1. The predicted molar refractivity (Wildman–Crippen MR) is 35.8 cm³/mol. The van der Waals surface area contributed by atoms with E-state index in [4.69, 9.17) is 0 Å². The number of hydrogen-bond acceptors (Lipinski definition) is 1. The molecule has 15 heavy (non-hydrogen) atoms. The lowest BCUT2D eigenvalue weighted by atomic mass is 10.1. The number of halogens is 7. The summed E-state index contributed by atoms with van der Waals surface area (Å²) in [6.45, 7) is 0.688. The molecule has 0 aliphatic heterocycles. The normalized spacial score (nSPS) is 15.3. The molecule has 0 saturated carbocycles. The van der Waals surface area contributed by atoms with Gasteiger partial charge in [0.25, 0.3) is 0 Å². The SMILES string of the molecule is CC(C=O)=CC(F)(F)C(F)(F)C(F)(F)F. The van der Waals surface area contributed by atoms with E-state index in [0.717, 1.165) is 0 Å². The van der Waals surface area contributed by atoms with Crippen LogP contribution >= 0.6 is 0 Å². The lowest BCUT2D eigenvalue weighted by molar-refractivity contribution is -0.341. The first kappa shape index (κ1) is 13.9. The minimum atomic E-state index is -6.38. The molecule has 0 aliphatic rings. The maximum absolute atomic E-state index is 12.4. The van der Waals surface area contributed by atoms with Gasteiger partial charge in [0.05, 0.1) is 0 Å². The van der Waals surface area contributed by atoms with Crippen molar-refractivity contribution in [1.82, 2.24) is 0 Å². The van der Waals surface area contributed by atoms with Crippen molar-refractivity contribution in [3.05, 3.63) is 11.6 Å². The number of hydrogen-bond donors (Lipinski definition) is 0. The quantitative estimate of drug-likeness (QED) is 0.419. The third kappa shape index (κ3) is 2.69. The minimum Gasteiger partial charge on any atom is -0.298 e. The Balaban J connectivity index is 5.28. The molecule has 0 saturated heterocycles. The fourth-order valence-corrected chi connectivity index (χ4v) is 0.600. The van der Waals surface area contributed by atoms with E-state index in [1.807, 2.05) is 0 Å². The number of rotatable bonds is 3. The Morgan fingerprint density at radius 2 is 1.40 bits per heavy atom. The number of allylic oxidation sites excluding steroid dienone is 2. The summed E-state index contributed by atoms with van der Waals surface area (Å²) in [5, 5.41) is 0. The van der Waals surface area contributed by atoms with Crippen molar-refractivity contribution in [2.45, 2.75) is 24.9 Å². The molecule has 0 spiro atoms. The lowest BCUT2D eigenvalue weighted by Gasteiger charge is -2.25. The Morgan fingerprint density at radius 3 is 1.67 bits per heavy atom. The molecule has 0 rings (SSSR count). The summed E-state index contributed by atoms with van der Waals surface area (Å²) in [7, 11) is 0. The van der Waals surface area contributed by atoms with E-state index < -0.39 is 29.7 Å². The standard InChI is InChI=1S/C7H5F7O/c1-4(3-15)2-5(8,9)6(10,11)7(12,13)14/h2-3H,1H3. The maximum atomic E-state index is 12.4. The van der Waals surface area contributed by atoms with Gasteiger partial charge in [0.1, 0.15) is 6.29 Å². The highest BCUT2D eigenvalue weighted by Gasteiger charge is 2.72. The van der Waals surface area contributed by atoms with E-state index in [9.17, 15) is 35.5 Å². The monoisotopic (exact) mass is 238 g/mol. The van der Waals surface area contributed by atoms with Crippen molar-refractivity contribution in [2.75, 3.05) is 0 Å². The zero-order valence-corrected chi connectivity index (χ0v) is 7.21. The minimum absolute atomic E-state index is 0.250. The topological polar surface area (TPSA) is 17.1 Å². The van der Waals surface area contributed by atoms with Crippen molar-refractivity contribution >= 4 is 6.29 Å². The lowest BCUT2D eigenvalue weighted by Crippen LogP contribution is -2.51. The highest BCUT2D eigenvalue weighted by Crippen LogP contribution is 2.47. The molecule has 8 heteroatoms. The van der Waals surface area contributed by atoms with Crippen molar-refractivity contribution < 1.29 is 35.5 Å². The van der Waals surface area contributed by atoms with E-state index in [-0.39, 0.29) is 6.29 Å². The zero-order chi connectivity index (χ0) is 12.5. The van der Waals surface area contributed by atoms with Gasteiger partial charge in [-0.05, 0) is 18.6 Å². The van der Waals surface area contributed by atoms with Gasteiger partial charge in [-0.1, -0.05) is 0 Å². The van der Waals surface area contributed by atoms with E-state index in [1.54, 1.807) is 0 Å². The number of carbonyl (C=O) groups excluding carboxylic acids is 1. The molecule has 0 atom stereocenters. The van der Waals surface area contributed by atoms with Crippen LogP contribution in [0.25, 0.3) is 0 Å². The molecule has 88 valence electrons. The molecule has 0 N–H and O–H groups in total. The highest BCUT2D eigenvalue weighted by atomic mass is 19.4. The molecule has 1 nitrogen and oxygen atoms in total. The molecule has 0 aromatic heterocycles. The largest absolute Gasteiger partial charge is 0.460 e. The van der Waals surface area contributed by atoms with Crippen molar-refractivity contribution in [1.29, 1.82) is 0 Å². The Bertz CT molecular complexity index is 276. The fraction of sp³-hybridized carbons (Fsp3) is 0.571. The summed E-state index contributed by atoms with van der Waals surface area (Å²) < 4.78 is 83.8. The van der Waals surface area contributed by atoms with E-state index in [0.29, 0.717) is 6.92 Å². The Kier molecular flexibility index (Phi) is 3.55. The highest BCUT2D eigenvalue weighted by molar-refractivity contribution is 5.72. The average Bonchev–Trinajstić information content (AvgIpc) is 2.00. The first-order chi connectivity index (χ1) is 6.45. The molecule has 0 aromatic rings. The van der Waals surface area contributed by atoms with Crippen molar-refractivity contribution in [3.8, 4) is 0 Å². The van der Waals surface area contributed by atoms with Crippen molar-refractivity contribution in [2.24, 2.45) is 0 Å². The van der Waals surface area contributed by atoms with Crippen LogP contribution in [0.3, 0.4) is 0 Å². The number of alkyl halides is 7. The van der Waals surface area contributed by atoms with E-state index in [1.165, 1.54) is 0 Å². The molecule has 0 bridgehead atoms. The summed E-state index contributed by atoms with van der Waals surface area (Å²) >= 11 is 0. The van der Waals surface area contributed by atoms with Crippen LogP contribution in [0, 0.1) is 0 Å². The second-order valence-corrected chi connectivity index (χ2v) is 2.70. The van der Waals surface area contributed by atoms with E-state index in [2.05, 4.69) is 0 Å². The van der Waals surface area contributed by atoms with Crippen LogP contribution in [-0.2, 0) is 4.79 Å². The molecule has 0 fully saturated rings. The van der Waals surface area contributed by atoms with Gasteiger partial charge in [0.2, 0.25) is 0 Å². The predicted octanol–water partition coefficient (Wildman–Crippen LogP) is 2.96. The first-order valence-corrected chi connectivity index (χ1v) is 3.42. The van der Waals surface area contributed by atoms with Crippen LogP contribution in [0.4, 0.5) is 30.7 Å². The van der Waals surface area contributed by atoms with Crippen LogP contribution in [0.5, 0.6) is 0 Å². The van der Waals surface area contributed by atoms with Crippen LogP contribution in [0.1, 0.15) is 6.92 Å². The van der Waals surface area contributed by atoms with Gasteiger partial charge in [-0.25, -0.2) is 0 Å². The van der Waals surface area contributed by atoms with Gasteiger partial charge in [-0.15, -0.1) is 0 Å². The van der Waals surface area contributed by atoms with Gasteiger partial charge in [-0.3, -0.25) is 4.79 Å². The van der Waals surface area contributed by atoms with Crippen LogP contribution in [0.15, 0.2) is 11.6 Å². The van der Waals surface area contributed by atoms with Crippen LogP contribution in [-0.4, -0.2) is 24.3 Å². The van der Waals surface area contributed by atoms with Gasteiger partial charge in [-0.2, -0.15) is 30.7 Å². The smallest absolute Gasteiger partial charge is 0.298 e. The zero-order valence-electron chi connectivity index (χ0n) is 7.21. The molecule has 0 heterocycles. The second kappa shape index (κ2) is 3.82. The Hall–Kier alpha value is -1.08. The summed E-state index contributed by atoms with van der Waals surface area (Å²) in [6, 6.07) is 0. The third-order valence-electron chi connectivity index (χ3n) is 1.37. The summed E-state index contributed by atoms with van der Waals surface area (Å²) in [6.07, 6.45) is -7.34. The molecule has 0 aliphatic carbocycles. The summed E-state index contributed by atoms with van der Waals surface area (Å²) in [5.41, 5.74) is -0.913. The Morgan fingerprint density at radius 1 is 1.00 bits per heavy atom. The van der Waals surface area contributed by atoms with Gasteiger partial charge in [0.15, 0.2) is 0 Å². The van der Waals surface area contributed by atoms with Crippen molar-refractivity contribution in [3.63, 3.8) is 0 Å². The molecule has 0 aromatic carbocycles. The summed E-state index contributed by atoms with van der Waals surface area (Å²) in [4.78, 5) is 9.83. The molecular weight excluding hydrogens is 233 g/mol. The van der Waals surface area contributed by atoms with Crippen LogP contribution in [0.2, 0.25) is 0 Å². The van der Waals surface area contributed by atoms with Gasteiger partial charge < -0.3 is 0 Å². The molecule has 0 amide bonds. The fourth-order valence-electron chi connectivity index (χ4n) is 0.600. The summed E-state index contributed by atoms with van der Waals surface area (Å²) in [5.74, 6) is -11.7. The molecule has 0 radical (unpaired) electrons. The van der Waals surface area contributed by atoms with Crippen LogP contribution < -0.4 is 0 Å². The average molecular weight is 238 g/mol. The third-order valence-corrected chi connectivity index (χ3v) is 1.37. The maximum Gasteiger partial charge on any atom is 0.460 e. The molecular formula is C7H5F7O. The second-order valence-electron chi connectivity index (χ2n) is 2.70. The first-order valence-electron chi connectivity index (χ1n) is 3.42. The Labute approximate surface area is 79.6 Å². The van der Waals surface area contributed by atoms with Gasteiger partial charge >= 0.3 is 18.0 Å². The molecule has 0 unspecified atom stereocenters. The van der Waals surface area contributed by atoms with E-state index >= 15 is 0 Å².